The molecule has 4 heteroatoms. The van der Waals surface area contributed by atoms with Crippen molar-refractivity contribution < 1.29 is 14.2 Å². The van der Waals surface area contributed by atoms with Gasteiger partial charge in [-0.15, -0.1) is 0 Å². The lowest BCUT2D eigenvalue weighted by Crippen LogP contribution is -2.50. The maximum absolute atomic E-state index is 5.22. The summed E-state index contributed by atoms with van der Waals surface area (Å²) in [5, 5.41) is 3.10. The largest absolute Gasteiger partial charge is 0.361 e. The highest BCUT2D eigenvalue weighted by Crippen LogP contribution is 2.04. The Morgan fingerprint density at radius 2 is 2.20 bits per heavy atom. The Morgan fingerprint density at radius 1 is 1.40 bits per heavy atom. The van der Waals surface area contributed by atoms with Crippen LogP contribution in [0.5, 0.6) is 0 Å². The molecule has 0 bridgehead atoms. The molecule has 1 heterocycles. The van der Waals surface area contributed by atoms with Gasteiger partial charge in [-0.2, -0.15) is 0 Å². The quantitative estimate of drug-likeness (QED) is 0.574. The van der Waals surface area contributed by atoms with E-state index in [1.807, 2.05) is 0 Å². The van der Waals surface area contributed by atoms with Crippen molar-refractivity contribution in [2.75, 3.05) is 27.4 Å². The smallest absolute Gasteiger partial charge is 0.197 e. The fraction of sp³-hybridized carbons (Fsp3) is 1.00. The maximum Gasteiger partial charge on any atom is 0.197 e. The van der Waals surface area contributed by atoms with Crippen LogP contribution in [0.4, 0.5) is 0 Å². The summed E-state index contributed by atoms with van der Waals surface area (Å²) >= 11 is 0. The van der Waals surface area contributed by atoms with Crippen molar-refractivity contribution >= 4 is 0 Å². The third-order valence-corrected chi connectivity index (χ3v) is 1.46. The number of ether oxygens (including phenoxy) is 3. The van der Waals surface area contributed by atoms with Crippen LogP contribution in [0.3, 0.4) is 0 Å². The monoisotopic (exact) mass is 147 g/mol. The minimum absolute atomic E-state index is 0.126. The van der Waals surface area contributed by atoms with Gasteiger partial charge in [0.1, 0.15) is 0 Å². The molecule has 0 aromatic rings. The van der Waals surface area contributed by atoms with E-state index in [2.05, 4.69) is 5.32 Å². The Bertz CT molecular complexity index is 87.0. The van der Waals surface area contributed by atoms with Crippen molar-refractivity contribution in [2.45, 2.75) is 12.5 Å². The zero-order chi connectivity index (χ0) is 7.40. The summed E-state index contributed by atoms with van der Waals surface area (Å²) in [5.41, 5.74) is 0. The lowest BCUT2D eigenvalue weighted by molar-refractivity contribution is -0.215. The molecule has 2 unspecified atom stereocenters. The zero-order valence-electron chi connectivity index (χ0n) is 6.29. The van der Waals surface area contributed by atoms with Crippen molar-refractivity contribution in [3.05, 3.63) is 0 Å². The molecule has 2 atom stereocenters. The van der Waals surface area contributed by atoms with Gasteiger partial charge in [0.25, 0.3) is 0 Å². The molecule has 10 heavy (non-hydrogen) atoms. The molecule has 0 spiro atoms. The number of morpholine rings is 1. The van der Waals surface area contributed by atoms with Gasteiger partial charge < -0.3 is 14.2 Å². The number of rotatable bonds is 2. The molecule has 1 aliphatic rings. The second-order valence-electron chi connectivity index (χ2n) is 2.09. The molecule has 0 saturated carbocycles. The van der Waals surface area contributed by atoms with Crippen LogP contribution in [0.2, 0.25) is 0 Å². The standard InChI is InChI=1S/C6H13NO3/c1-8-5-6(9-2)10-4-3-7-5/h5-7H,3-4H2,1-2H3. The van der Waals surface area contributed by atoms with Gasteiger partial charge >= 0.3 is 0 Å². The van der Waals surface area contributed by atoms with Crippen LogP contribution in [-0.2, 0) is 14.2 Å². The molecule has 0 amide bonds. The average Bonchev–Trinajstić information content (AvgIpc) is 2.04. The Morgan fingerprint density at radius 3 is 2.70 bits per heavy atom. The Hall–Kier alpha value is -0.160. The van der Waals surface area contributed by atoms with E-state index in [1.165, 1.54) is 0 Å². The lowest BCUT2D eigenvalue weighted by atomic mass is 10.4. The number of hydrogen-bond donors (Lipinski definition) is 1. The van der Waals surface area contributed by atoms with Gasteiger partial charge in [0.15, 0.2) is 12.5 Å². The van der Waals surface area contributed by atoms with Crippen molar-refractivity contribution in [3.8, 4) is 0 Å². The molecule has 1 N–H and O–H groups in total. The van der Waals surface area contributed by atoms with Gasteiger partial charge in [0.2, 0.25) is 0 Å². The summed E-state index contributed by atoms with van der Waals surface area (Å²) in [7, 11) is 3.22. The van der Waals surface area contributed by atoms with E-state index in [1.54, 1.807) is 14.2 Å². The van der Waals surface area contributed by atoms with Crippen LogP contribution >= 0.6 is 0 Å². The minimum Gasteiger partial charge on any atom is -0.361 e. The molecular weight excluding hydrogens is 134 g/mol. The first-order valence-corrected chi connectivity index (χ1v) is 3.29. The van der Waals surface area contributed by atoms with Crippen molar-refractivity contribution in [1.82, 2.24) is 5.32 Å². The van der Waals surface area contributed by atoms with E-state index in [0.29, 0.717) is 6.61 Å². The maximum atomic E-state index is 5.22. The summed E-state index contributed by atoms with van der Waals surface area (Å²) in [5.74, 6) is 0. The fourth-order valence-corrected chi connectivity index (χ4v) is 0.946. The highest BCUT2D eigenvalue weighted by atomic mass is 16.7. The van der Waals surface area contributed by atoms with Gasteiger partial charge in [0.05, 0.1) is 6.61 Å². The normalized spacial score (nSPS) is 34.2. The molecule has 0 aromatic carbocycles. The molecule has 0 radical (unpaired) electrons. The predicted molar refractivity (Wildman–Crippen MR) is 35.5 cm³/mol. The molecule has 0 aliphatic carbocycles. The molecule has 1 fully saturated rings. The lowest BCUT2D eigenvalue weighted by Gasteiger charge is -2.29. The summed E-state index contributed by atoms with van der Waals surface area (Å²) in [4.78, 5) is 0. The third kappa shape index (κ3) is 1.67. The third-order valence-electron chi connectivity index (χ3n) is 1.46. The van der Waals surface area contributed by atoms with E-state index in [4.69, 9.17) is 14.2 Å². The first-order valence-electron chi connectivity index (χ1n) is 3.29. The highest BCUT2D eigenvalue weighted by molar-refractivity contribution is 4.64. The molecule has 1 aliphatic heterocycles. The average molecular weight is 147 g/mol. The fourth-order valence-electron chi connectivity index (χ4n) is 0.946. The predicted octanol–water partition coefficient (Wildman–Crippen LogP) is -0.449. The Kier molecular flexibility index (Phi) is 3.08. The van der Waals surface area contributed by atoms with Crippen LogP contribution < -0.4 is 5.32 Å². The van der Waals surface area contributed by atoms with E-state index in [-0.39, 0.29) is 12.5 Å². The van der Waals surface area contributed by atoms with E-state index in [9.17, 15) is 0 Å². The Balaban J connectivity index is 2.34. The molecule has 1 rings (SSSR count). The second-order valence-corrected chi connectivity index (χ2v) is 2.09. The summed E-state index contributed by atoms with van der Waals surface area (Å²) in [6, 6.07) is 0. The SMILES string of the molecule is COC1NCCOC1OC. The first kappa shape index (κ1) is 7.94. The second kappa shape index (κ2) is 3.88. The zero-order valence-corrected chi connectivity index (χ0v) is 6.29. The topological polar surface area (TPSA) is 39.7 Å². The van der Waals surface area contributed by atoms with Gasteiger partial charge in [-0.3, -0.25) is 5.32 Å². The van der Waals surface area contributed by atoms with E-state index < -0.39 is 0 Å². The van der Waals surface area contributed by atoms with Crippen LogP contribution in [0, 0.1) is 0 Å². The van der Waals surface area contributed by atoms with Crippen molar-refractivity contribution in [2.24, 2.45) is 0 Å². The number of methoxy groups -OCH3 is 2. The first-order chi connectivity index (χ1) is 4.88. The minimum atomic E-state index is -0.265. The van der Waals surface area contributed by atoms with E-state index in [0.717, 1.165) is 6.54 Å². The molecular formula is C6H13NO3. The van der Waals surface area contributed by atoms with Gasteiger partial charge in [-0.1, -0.05) is 0 Å². The molecule has 0 aromatic heterocycles. The molecule has 1 saturated heterocycles. The van der Waals surface area contributed by atoms with Crippen LogP contribution in [-0.4, -0.2) is 39.9 Å². The van der Waals surface area contributed by atoms with Crippen LogP contribution in [0.15, 0.2) is 0 Å². The summed E-state index contributed by atoms with van der Waals surface area (Å²) in [6.07, 6.45) is -0.391. The van der Waals surface area contributed by atoms with Crippen molar-refractivity contribution in [1.29, 1.82) is 0 Å². The van der Waals surface area contributed by atoms with Crippen LogP contribution in [0.25, 0.3) is 0 Å². The van der Waals surface area contributed by atoms with Crippen LogP contribution in [0.1, 0.15) is 0 Å². The van der Waals surface area contributed by atoms with E-state index >= 15 is 0 Å². The molecule has 4 nitrogen and oxygen atoms in total. The van der Waals surface area contributed by atoms with Gasteiger partial charge in [-0.25, -0.2) is 0 Å². The molecule has 60 valence electrons. The van der Waals surface area contributed by atoms with Gasteiger partial charge in [-0.05, 0) is 0 Å². The highest BCUT2D eigenvalue weighted by Gasteiger charge is 2.24. The van der Waals surface area contributed by atoms with Crippen molar-refractivity contribution in [3.63, 3.8) is 0 Å². The summed E-state index contributed by atoms with van der Waals surface area (Å²) < 4.78 is 15.2. The van der Waals surface area contributed by atoms with Gasteiger partial charge in [0, 0.05) is 20.8 Å². The number of nitrogens with one attached hydrogen (secondary N) is 1. The summed E-state index contributed by atoms with van der Waals surface area (Å²) in [6.45, 7) is 1.50. The number of hydrogen-bond acceptors (Lipinski definition) is 4. The Labute approximate surface area is 60.4 Å².